The number of hydrogen-bond donors (Lipinski definition) is 1. The lowest BCUT2D eigenvalue weighted by atomic mass is 9.62. The van der Waals surface area contributed by atoms with E-state index in [0.29, 0.717) is 25.9 Å². The molecule has 2 bridgehead atoms. The zero-order valence-corrected chi connectivity index (χ0v) is 27.1. The fraction of sp³-hybridized carbons (Fsp3) is 0.629. The van der Waals surface area contributed by atoms with Gasteiger partial charge in [0.2, 0.25) is 11.8 Å². The number of carbonyl (C=O) groups is 3. The molecule has 0 radical (unpaired) electrons. The van der Waals surface area contributed by atoms with Crippen LogP contribution in [0.25, 0.3) is 0 Å². The maximum atomic E-state index is 15.0. The topological polar surface area (TPSA) is 90.4 Å². The smallest absolute Gasteiger partial charge is 0.253 e. The van der Waals surface area contributed by atoms with Gasteiger partial charge in [0.15, 0.2) is 0 Å². The van der Waals surface area contributed by atoms with Crippen LogP contribution in [0, 0.1) is 37.5 Å². The van der Waals surface area contributed by atoms with Crippen LogP contribution in [0.15, 0.2) is 43.5 Å². The molecule has 8 heteroatoms. The van der Waals surface area contributed by atoms with Crippen LogP contribution < -0.4 is 4.90 Å². The molecule has 3 aliphatic rings. The number of benzene rings is 1. The Balaban J connectivity index is 1.92. The summed E-state index contributed by atoms with van der Waals surface area (Å²) in [6.45, 7) is 22.7. The molecule has 0 saturated carbocycles. The lowest BCUT2D eigenvalue weighted by Crippen LogP contribution is -2.59. The normalized spacial score (nSPS) is 30.0. The summed E-state index contributed by atoms with van der Waals surface area (Å²) in [5, 5.41) is 10.7. The van der Waals surface area contributed by atoms with E-state index in [9.17, 15) is 14.7 Å². The molecule has 0 aliphatic carbocycles. The van der Waals surface area contributed by atoms with E-state index in [2.05, 4.69) is 20.1 Å². The van der Waals surface area contributed by atoms with Gasteiger partial charge < -0.3 is 24.5 Å². The van der Waals surface area contributed by atoms with Crippen molar-refractivity contribution in [3.63, 3.8) is 0 Å². The molecule has 0 aromatic heterocycles. The molecule has 43 heavy (non-hydrogen) atoms. The minimum Gasteiger partial charge on any atom is -0.394 e. The number of aliphatic hydroxyl groups is 1. The monoisotopic (exact) mass is 593 g/mol. The van der Waals surface area contributed by atoms with Crippen LogP contribution in [0.3, 0.4) is 0 Å². The van der Waals surface area contributed by atoms with Crippen LogP contribution in [0.1, 0.15) is 65.0 Å². The van der Waals surface area contributed by atoms with Crippen molar-refractivity contribution in [1.82, 2.24) is 9.80 Å². The van der Waals surface area contributed by atoms with Crippen molar-refractivity contribution in [3.05, 3.63) is 54.6 Å². The second-order valence-electron chi connectivity index (χ2n) is 13.5. The van der Waals surface area contributed by atoms with Gasteiger partial charge in [-0.05, 0) is 69.1 Å². The number of ether oxygens (including phenoxy) is 1. The highest BCUT2D eigenvalue weighted by atomic mass is 16.5. The number of aryl methyl sites for hydroxylation is 2. The Morgan fingerprint density at radius 1 is 1.19 bits per heavy atom. The van der Waals surface area contributed by atoms with Gasteiger partial charge in [0.1, 0.15) is 11.6 Å². The van der Waals surface area contributed by atoms with Crippen molar-refractivity contribution < 1.29 is 24.2 Å². The van der Waals surface area contributed by atoms with E-state index in [4.69, 9.17) is 4.74 Å². The summed E-state index contributed by atoms with van der Waals surface area (Å²) in [5.74, 6) is -2.16. The van der Waals surface area contributed by atoms with E-state index in [0.717, 1.165) is 23.2 Å². The fourth-order valence-electron chi connectivity index (χ4n) is 8.05. The summed E-state index contributed by atoms with van der Waals surface area (Å²) in [6, 6.07) is 4.38. The van der Waals surface area contributed by atoms with E-state index in [1.54, 1.807) is 26.9 Å². The third-order valence-electron chi connectivity index (χ3n) is 9.99. The van der Waals surface area contributed by atoms with Gasteiger partial charge in [-0.3, -0.25) is 14.4 Å². The van der Waals surface area contributed by atoms with Gasteiger partial charge in [0.05, 0.1) is 30.1 Å². The first-order valence-electron chi connectivity index (χ1n) is 15.8. The van der Waals surface area contributed by atoms with E-state index in [1.807, 2.05) is 59.7 Å². The molecule has 1 aromatic carbocycles. The van der Waals surface area contributed by atoms with Gasteiger partial charge in [-0.1, -0.05) is 52.0 Å². The van der Waals surface area contributed by atoms with Gasteiger partial charge in [-0.25, -0.2) is 0 Å². The van der Waals surface area contributed by atoms with Crippen LogP contribution in [0.2, 0.25) is 0 Å². The number of anilines is 1. The molecule has 4 rings (SSSR count). The van der Waals surface area contributed by atoms with Crippen molar-refractivity contribution in [2.45, 2.75) is 91.0 Å². The first-order chi connectivity index (χ1) is 20.3. The number of aliphatic hydroxyl groups excluding tert-OH is 1. The summed E-state index contributed by atoms with van der Waals surface area (Å²) in [5.41, 5.74) is 0.576. The Morgan fingerprint density at radius 2 is 1.86 bits per heavy atom. The molecule has 7 atom stereocenters. The molecule has 3 unspecified atom stereocenters. The van der Waals surface area contributed by atoms with Crippen molar-refractivity contribution >= 4 is 23.4 Å². The fourth-order valence-corrected chi connectivity index (χ4v) is 8.05. The van der Waals surface area contributed by atoms with Crippen LogP contribution in [-0.4, -0.2) is 82.2 Å². The zero-order chi connectivity index (χ0) is 31.9. The highest BCUT2D eigenvalue weighted by molar-refractivity contribution is 6.05. The molecule has 3 fully saturated rings. The first-order valence-corrected chi connectivity index (χ1v) is 15.8. The number of nitrogens with zero attached hydrogens (tertiary/aromatic N) is 3. The quantitative estimate of drug-likeness (QED) is 0.336. The lowest BCUT2D eigenvalue weighted by molar-refractivity contribution is -0.154. The van der Waals surface area contributed by atoms with Crippen LogP contribution in [0.5, 0.6) is 0 Å². The number of fused-ring (bicyclic) bond motifs is 1. The molecule has 3 aliphatic heterocycles. The summed E-state index contributed by atoms with van der Waals surface area (Å²) in [6.07, 6.45) is 5.16. The molecule has 236 valence electrons. The summed E-state index contributed by atoms with van der Waals surface area (Å²) in [7, 11) is 0. The van der Waals surface area contributed by atoms with Crippen molar-refractivity contribution in [1.29, 1.82) is 0 Å². The Hall–Kier alpha value is -2.97. The second-order valence-corrected chi connectivity index (χ2v) is 13.5. The Morgan fingerprint density at radius 3 is 2.44 bits per heavy atom. The second kappa shape index (κ2) is 12.6. The predicted molar refractivity (Wildman–Crippen MR) is 169 cm³/mol. The molecular weight excluding hydrogens is 542 g/mol. The Labute approximate surface area is 257 Å². The Bertz CT molecular complexity index is 1260. The van der Waals surface area contributed by atoms with Gasteiger partial charge >= 0.3 is 0 Å². The highest BCUT2D eigenvalue weighted by Gasteiger charge is 2.80. The van der Waals surface area contributed by atoms with Crippen molar-refractivity contribution in [2.75, 3.05) is 31.1 Å². The molecule has 1 spiro atoms. The maximum absolute atomic E-state index is 15.0. The number of hydrogen-bond acceptors (Lipinski definition) is 5. The SMILES string of the molecule is C=CCN(CCC)C(=O)[C@@H]1[C@H]2C(=O)N([C@@H](CO)CC(C)C)C(C(=O)N(CC=C)c3cc(C)ccc3C)C23CC(C)[C@@]1(C)O3. The molecule has 1 aromatic rings. The average Bonchev–Trinajstić information content (AvgIpc) is 3.47. The van der Waals surface area contributed by atoms with Gasteiger partial charge in [-0.2, -0.15) is 0 Å². The molecule has 3 heterocycles. The number of rotatable bonds is 13. The minimum atomic E-state index is -1.20. The van der Waals surface area contributed by atoms with E-state index in [-0.39, 0.29) is 42.7 Å². The Kier molecular flexibility index (Phi) is 9.62. The largest absolute Gasteiger partial charge is 0.394 e. The molecule has 3 saturated heterocycles. The van der Waals surface area contributed by atoms with Gasteiger partial charge in [-0.15, -0.1) is 13.2 Å². The van der Waals surface area contributed by atoms with Crippen LogP contribution >= 0.6 is 0 Å². The van der Waals surface area contributed by atoms with Crippen LogP contribution in [-0.2, 0) is 19.1 Å². The third-order valence-corrected chi connectivity index (χ3v) is 9.99. The van der Waals surface area contributed by atoms with Crippen molar-refractivity contribution in [2.24, 2.45) is 23.7 Å². The zero-order valence-electron chi connectivity index (χ0n) is 27.1. The van der Waals surface area contributed by atoms with E-state index < -0.39 is 35.1 Å². The van der Waals surface area contributed by atoms with Gasteiger partial charge in [0.25, 0.3) is 5.91 Å². The van der Waals surface area contributed by atoms with E-state index >= 15 is 4.79 Å². The summed E-state index contributed by atoms with van der Waals surface area (Å²) in [4.78, 5) is 49.2. The minimum absolute atomic E-state index is 0.0702. The first kappa shape index (κ1) is 32.9. The standard InChI is InChI=1S/C35H51N3O5/c1-10-15-36(16-11-2)31(40)28-29-32(41)38(26(21-39)18-22(4)5)30(35(29)20-25(8)34(28,9)43-35)33(42)37(17-12-3)27-19-23(6)13-14-24(27)7/h10,12-14,19,22,25-26,28-30,39H,1,3,11,15-18,20-21H2,2,4-9H3/t25?,26-,28+,29+,30?,34-,35?/m1/s1. The van der Waals surface area contributed by atoms with Crippen LogP contribution in [0.4, 0.5) is 5.69 Å². The number of carbonyl (C=O) groups excluding carboxylic acids is 3. The predicted octanol–water partition coefficient (Wildman–Crippen LogP) is 4.66. The summed E-state index contributed by atoms with van der Waals surface area (Å²) < 4.78 is 6.99. The highest BCUT2D eigenvalue weighted by Crippen LogP contribution is 2.66. The molecule has 1 N–H and O–H groups in total. The summed E-state index contributed by atoms with van der Waals surface area (Å²) >= 11 is 0. The average molecular weight is 594 g/mol. The molecule has 3 amide bonds. The number of likely N-dealkylation sites (tertiary alicyclic amines) is 1. The maximum Gasteiger partial charge on any atom is 0.253 e. The number of amides is 3. The van der Waals surface area contributed by atoms with Gasteiger partial charge in [0, 0.05) is 25.3 Å². The molecule has 8 nitrogen and oxygen atoms in total. The van der Waals surface area contributed by atoms with E-state index in [1.165, 1.54) is 0 Å². The molecular formula is C35H51N3O5. The van der Waals surface area contributed by atoms with Crippen molar-refractivity contribution in [3.8, 4) is 0 Å². The third kappa shape index (κ3) is 5.35. The lowest BCUT2D eigenvalue weighted by Gasteiger charge is -2.40.